The predicted octanol–water partition coefficient (Wildman–Crippen LogP) is 1.98. The van der Waals surface area contributed by atoms with Crippen molar-refractivity contribution in [3.63, 3.8) is 0 Å². The molecule has 82 valence electrons. The monoisotopic (exact) mass is 207 g/mol. The molecule has 2 atom stereocenters. The second-order valence-corrected chi connectivity index (χ2v) is 3.69. The van der Waals surface area contributed by atoms with Gasteiger partial charge in [-0.05, 0) is 17.9 Å². The van der Waals surface area contributed by atoms with Crippen LogP contribution in [-0.2, 0) is 4.79 Å². The largest absolute Gasteiger partial charge is 0.481 e. The maximum Gasteiger partial charge on any atom is 0.304 e. The first-order chi connectivity index (χ1) is 7.15. The highest BCUT2D eigenvalue weighted by molar-refractivity contribution is 5.67. The van der Waals surface area contributed by atoms with Gasteiger partial charge in [0, 0.05) is 6.04 Å². The smallest absolute Gasteiger partial charge is 0.304 e. The lowest BCUT2D eigenvalue weighted by molar-refractivity contribution is -0.137. The molecule has 0 aliphatic carbocycles. The Balaban J connectivity index is 2.75. The number of carboxylic acids is 1. The minimum atomic E-state index is -0.836. The van der Waals surface area contributed by atoms with Gasteiger partial charge in [0.05, 0.1) is 6.42 Å². The Morgan fingerprint density at radius 1 is 1.40 bits per heavy atom. The van der Waals surface area contributed by atoms with Crippen LogP contribution in [0.5, 0.6) is 0 Å². The fourth-order valence-electron chi connectivity index (χ4n) is 1.83. The van der Waals surface area contributed by atoms with Crippen LogP contribution in [0.15, 0.2) is 30.3 Å². The van der Waals surface area contributed by atoms with Gasteiger partial charge in [-0.25, -0.2) is 0 Å². The average Bonchev–Trinajstić information content (AvgIpc) is 2.19. The van der Waals surface area contributed by atoms with E-state index < -0.39 is 5.97 Å². The van der Waals surface area contributed by atoms with Crippen LogP contribution in [0.4, 0.5) is 0 Å². The normalized spacial score (nSPS) is 14.5. The Bertz CT molecular complexity index is 311. The lowest BCUT2D eigenvalue weighted by atomic mass is 9.88. The number of nitrogens with two attached hydrogens (primary N) is 1. The van der Waals surface area contributed by atoms with Crippen LogP contribution in [-0.4, -0.2) is 17.1 Å². The molecule has 0 aromatic heterocycles. The molecule has 2 unspecified atom stereocenters. The van der Waals surface area contributed by atoms with E-state index in [1.54, 1.807) is 0 Å². The average molecular weight is 207 g/mol. The molecule has 3 heteroatoms. The van der Waals surface area contributed by atoms with Crippen LogP contribution in [0.25, 0.3) is 0 Å². The molecule has 0 amide bonds. The summed E-state index contributed by atoms with van der Waals surface area (Å²) in [7, 11) is 0. The van der Waals surface area contributed by atoms with E-state index >= 15 is 0 Å². The molecule has 3 N–H and O–H groups in total. The van der Waals surface area contributed by atoms with E-state index in [-0.39, 0.29) is 18.4 Å². The topological polar surface area (TPSA) is 63.3 Å². The van der Waals surface area contributed by atoms with Crippen LogP contribution < -0.4 is 5.73 Å². The summed E-state index contributed by atoms with van der Waals surface area (Å²) in [6, 6.07) is 9.52. The Hall–Kier alpha value is -1.35. The first-order valence-corrected chi connectivity index (χ1v) is 5.17. The van der Waals surface area contributed by atoms with Gasteiger partial charge < -0.3 is 10.8 Å². The first-order valence-electron chi connectivity index (χ1n) is 5.17. The van der Waals surface area contributed by atoms with Gasteiger partial charge in [0.1, 0.15) is 0 Å². The number of aliphatic carboxylic acids is 1. The van der Waals surface area contributed by atoms with Gasteiger partial charge in [-0.3, -0.25) is 4.79 Å². The molecule has 0 spiro atoms. The minimum Gasteiger partial charge on any atom is -0.481 e. The van der Waals surface area contributed by atoms with E-state index in [9.17, 15) is 4.79 Å². The minimum absolute atomic E-state index is 0.0212. The molecule has 15 heavy (non-hydrogen) atoms. The summed E-state index contributed by atoms with van der Waals surface area (Å²) in [5.74, 6) is -0.709. The third-order valence-electron chi connectivity index (χ3n) is 2.59. The Morgan fingerprint density at radius 2 is 2.00 bits per heavy atom. The highest BCUT2D eigenvalue weighted by Gasteiger charge is 2.20. The van der Waals surface area contributed by atoms with Gasteiger partial charge in [0.25, 0.3) is 0 Å². The van der Waals surface area contributed by atoms with E-state index in [2.05, 4.69) is 0 Å². The molecule has 0 aliphatic heterocycles. The van der Waals surface area contributed by atoms with Crippen molar-refractivity contribution in [2.45, 2.75) is 31.7 Å². The van der Waals surface area contributed by atoms with Gasteiger partial charge >= 0.3 is 5.97 Å². The van der Waals surface area contributed by atoms with Gasteiger partial charge in [0.2, 0.25) is 0 Å². The molecular weight excluding hydrogens is 190 g/mol. The molecule has 0 bridgehead atoms. The molecule has 3 nitrogen and oxygen atoms in total. The van der Waals surface area contributed by atoms with Crippen LogP contribution in [0.1, 0.15) is 31.2 Å². The van der Waals surface area contributed by atoms with Gasteiger partial charge in [-0.1, -0.05) is 37.3 Å². The third kappa shape index (κ3) is 3.36. The SMILES string of the molecule is CCC(c1ccccc1)C(N)CC(=O)O. The number of carbonyl (C=O) groups is 1. The Kier molecular flexibility index (Phi) is 4.31. The summed E-state index contributed by atoms with van der Waals surface area (Å²) < 4.78 is 0. The maximum atomic E-state index is 10.6. The summed E-state index contributed by atoms with van der Waals surface area (Å²) >= 11 is 0. The molecule has 0 saturated carbocycles. The lowest BCUT2D eigenvalue weighted by Gasteiger charge is -2.21. The second-order valence-electron chi connectivity index (χ2n) is 3.69. The summed E-state index contributed by atoms with van der Waals surface area (Å²) in [6.07, 6.45) is 0.881. The van der Waals surface area contributed by atoms with Crippen molar-refractivity contribution in [1.82, 2.24) is 0 Å². The molecule has 0 radical (unpaired) electrons. The molecular formula is C12H17NO2. The van der Waals surface area contributed by atoms with Crippen molar-refractivity contribution in [3.05, 3.63) is 35.9 Å². The summed E-state index contributed by atoms with van der Waals surface area (Å²) in [5.41, 5.74) is 7.00. The second kappa shape index (κ2) is 5.51. The standard InChI is InChI=1S/C12H17NO2/c1-2-10(11(13)8-12(14)15)9-6-4-3-5-7-9/h3-7,10-11H,2,8,13H2,1H3,(H,14,15). The number of hydrogen-bond donors (Lipinski definition) is 2. The van der Waals surface area contributed by atoms with Gasteiger partial charge in [-0.15, -0.1) is 0 Å². The van der Waals surface area contributed by atoms with E-state index in [1.807, 2.05) is 37.3 Å². The Morgan fingerprint density at radius 3 is 2.47 bits per heavy atom. The van der Waals surface area contributed by atoms with E-state index in [0.29, 0.717) is 0 Å². The summed E-state index contributed by atoms with van der Waals surface area (Å²) in [4.78, 5) is 10.6. The molecule has 0 heterocycles. The zero-order valence-electron chi connectivity index (χ0n) is 8.89. The summed E-state index contributed by atoms with van der Waals surface area (Å²) in [5, 5.41) is 8.70. The maximum absolute atomic E-state index is 10.6. The number of rotatable bonds is 5. The third-order valence-corrected chi connectivity index (χ3v) is 2.59. The molecule has 1 aromatic rings. The highest BCUT2D eigenvalue weighted by Crippen LogP contribution is 2.23. The number of carboxylic acid groups (broad SMARTS) is 1. The quantitative estimate of drug-likeness (QED) is 0.776. The van der Waals surface area contributed by atoms with Crippen LogP contribution in [0.3, 0.4) is 0 Å². The van der Waals surface area contributed by atoms with Crippen LogP contribution in [0.2, 0.25) is 0 Å². The van der Waals surface area contributed by atoms with E-state index in [1.165, 1.54) is 0 Å². The fraction of sp³-hybridized carbons (Fsp3) is 0.417. The predicted molar refractivity (Wildman–Crippen MR) is 59.7 cm³/mol. The first kappa shape index (κ1) is 11.7. The fourth-order valence-corrected chi connectivity index (χ4v) is 1.83. The zero-order chi connectivity index (χ0) is 11.3. The van der Waals surface area contributed by atoms with Crippen molar-refractivity contribution in [3.8, 4) is 0 Å². The Labute approximate surface area is 89.9 Å². The molecule has 0 fully saturated rings. The van der Waals surface area contributed by atoms with Crippen molar-refractivity contribution in [2.75, 3.05) is 0 Å². The molecule has 0 aliphatic rings. The lowest BCUT2D eigenvalue weighted by Crippen LogP contribution is -2.30. The highest BCUT2D eigenvalue weighted by atomic mass is 16.4. The zero-order valence-corrected chi connectivity index (χ0v) is 8.89. The van der Waals surface area contributed by atoms with Crippen molar-refractivity contribution < 1.29 is 9.90 Å². The van der Waals surface area contributed by atoms with Gasteiger partial charge in [-0.2, -0.15) is 0 Å². The van der Waals surface area contributed by atoms with Crippen molar-refractivity contribution >= 4 is 5.97 Å². The van der Waals surface area contributed by atoms with E-state index in [4.69, 9.17) is 10.8 Å². The molecule has 0 saturated heterocycles. The van der Waals surface area contributed by atoms with Crippen molar-refractivity contribution in [2.24, 2.45) is 5.73 Å². The number of hydrogen-bond acceptors (Lipinski definition) is 2. The van der Waals surface area contributed by atoms with Crippen molar-refractivity contribution in [1.29, 1.82) is 0 Å². The summed E-state index contributed by atoms with van der Waals surface area (Å²) in [6.45, 7) is 2.03. The van der Waals surface area contributed by atoms with Crippen LogP contribution >= 0.6 is 0 Å². The number of benzene rings is 1. The molecule has 1 rings (SSSR count). The van der Waals surface area contributed by atoms with Crippen LogP contribution in [0, 0.1) is 0 Å². The van der Waals surface area contributed by atoms with E-state index in [0.717, 1.165) is 12.0 Å². The van der Waals surface area contributed by atoms with Gasteiger partial charge in [0.15, 0.2) is 0 Å². The molecule has 1 aromatic carbocycles.